The highest BCUT2D eigenvalue weighted by Crippen LogP contribution is 2.29. The standard InChI is InChI=1S/C25H25ClN4O4/c1-25(2,3)34-24(32)28-19(13-20(31)33-15-17-7-5-4-6-8-17)23-29-21(22(26)30-23)18-11-9-16(14-27)10-12-18/h4-12,19H,13,15H2,1-3H3,(H,28,32)(H,29,30)/t19-/m0/s1. The first-order chi connectivity index (χ1) is 16.1. The third-order valence-corrected chi connectivity index (χ3v) is 4.87. The molecule has 2 aromatic carbocycles. The molecule has 8 nitrogen and oxygen atoms in total. The summed E-state index contributed by atoms with van der Waals surface area (Å²) in [6.07, 6.45) is -0.899. The summed E-state index contributed by atoms with van der Waals surface area (Å²) in [4.78, 5) is 32.5. The Morgan fingerprint density at radius 2 is 1.82 bits per heavy atom. The summed E-state index contributed by atoms with van der Waals surface area (Å²) < 4.78 is 10.7. The van der Waals surface area contributed by atoms with Crippen LogP contribution in [0.5, 0.6) is 0 Å². The molecule has 0 aliphatic heterocycles. The Morgan fingerprint density at radius 3 is 2.44 bits per heavy atom. The highest BCUT2D eigenvalue weighted by Gasteiger charge is 2.26. The predicted octanol–water partition coefficient (Wildman–Crippen LogP) is 5.30. The highest BCUT2D eigenvalue weighted by molar-refractivity contribution is 6.31. The maximum Gasteiger partial charge on any atom is 0.408 e. The molecule has 34 heavy (non-hydrogen) atoms. The zero-order valence-corrected chi connectivity index (χ0v) is 19.8. The maximum absolute atomic E-state index is 12.6. The number of hydrogen-bond acceptors (Lipinski definition) is 6. The number of nitriles is 1. The maximum atomic E-state index is 12.6. The van der Waals surface area contributed by atoms with Gasteiger partial charge in [-0.2, -0.15) is 5.26 Å². The van der Waals surface area contributed by atoms with Crippen molar-refractivity contribution in [3.05, 3.63) is 76.7 Å². The molecule has 0 aliphatic rings. The van der Waals surface area contributed by atoms with Crippen LogP contribution in [0.3, 0.4) is 0 Å². The Morgan fingerprint density at radius 1 is 1.15 bits per heavy atom. The number of benzene rings is 2. The number of alkyl carbamates (subject to hydrolysis) is 1. The van der Waals surface area contributed by atoms with Crippen molar-refractivity contribution in [2.24, 2.45) is 0 Å². The summed E-state index contributed by atoms with van der Waals surface area (Å²) in [7, 11) is 0. The third kappa shape index (κ3) is 7.09. The van der Waals surface area contributed by atoms with Crippen LogP contribution in [0.2, 0.25) is 5.15 Å². The van der Waals surface area contributed by atoms with Gasteiger partial charge in [0.25, 0.3) is 0 Å². The Labute approximate surface area is 202 Å². The molecule has 3 rings (SSSR count). The molecule has 0 saturated carbocycles. The van der Waals surface area contributed by atoms with E-state index in [-0.39, 0.29) is 24.0 Å². The number of carbonyl (C=O) groups excluding carboxylic acids is 2. The average molecular weight is 481 g/mol. The molecular weight excluding hydrogens is 456 g/mol. The van der Waals surface area contributed by atoms with Crippen LogP contribution in [0.15, 0.2) is 54.6 Å². The predicted molar refractivity (Wildman–Crippen MR) is 127 cm³/mol. The van der Waals surface area contributed by atoms with Crippen molar-refractivity contribution in [3.8, 4) is 17.3 Å². The largest absolute Gasteiger partial charge is 0.461 e. The summed E-state index contributed by atoms with van der Waals surface area (Å²) in [5.74, 6) is -0.260. The highest BCUT2D eigenvalue weighted by atomic mass is 35.5. The number of aromatic nitrogens is 2. The van der Waals surface area contributed by atoms with Gasteiger partial charge in [0.1, 0.15) is 34.9 Å². The van der Waals surface area contributed by atoms with Crippen molar-refractivity contribution in [1.82, 2.24) is 15.3 Å². The fourth-order valence-electron chi connectivity index (χ4n) is 3.06. The van der Waals surface area contributed by atoms with E-state index in [9.17, 15) is 9.59 Å². The van der Waals surface area contributed by atoms with E-state index in [1.54, 1.807) is 45.0 Å². The molecule has 0 bridgehead atoms. The number of imidazole rings is 1. The molecule has 176 valence electrons. The van der Waals surface area contributed by atoms with Crippen LogP contribution in [-0.2, 0) is 20.9 Å². The minimum atomic E-state index is -0.872. The lowest BCUT2D eigenvalue weighted by Gasteiger charge is -2.22. The number of ether oxygens (including phenoxy) is 2. The summed E-state index contributed by atoms with van der Waals surface area (Å²) >= 11 is 6.37. The van der Waals surface area contributed by atoms with Crippen LogP contribution in [0.4, 0.5) is 4.79 Å². The lowest BCUT2D eigenvalue weighted by atomic mass is 10.1. The van der Waals surface area contributed by atoms with Crippen molar-refractivity contribution < 1.29 is 19.1 Å². The van der Waals surface area contributed by atoms with Crippen LogP contribution >= 0.6 is 11.6 Å². The lowest BCUT2D eigenvalue weighted by Crippen LogP contribution is -2.36. The Bertz CT molecular complexity index is 1180. The van der Waals surface area contributed by atoms with Gasteiger partial charge in [0.05, 0.1) is 18.1 Å². The first-order valence-electron chi connectivity index (χ1n) is 10.6. The second kappa shape index (κ2) is 10.9. The van der Waals surface area contributed by atoms with Gasteiger partial charge in [-0.3, -0.25) is 4.79 Å². The van der Waals surface area contributed by atoms with E-state index >= 15 is 0 Å². The smallest absolute Gasteiger partial charge is 0.408 e. The molecule has 2 N–H and O–H groups in total. The van der Waals surface area contributed by atoms with Gasteiger partial charge in [-0.05, 0) is 38.5 Å². The van der Waals surface area contributed by atoms with Gasteiger partial charge in [0.15, 0.2) is 0 Å². The van der Waals surface area contributed by atoms with E-state index in [0.717, 1.165) is 5.56 Å². The molecule has 1 aromatic heterocycles. The van der Waals surface area contributed by atoms with Crippen LogP contribution in [0.25, 0.3) is 11.3 Å². The average Bonchev–Trinajstić information content (AvgIpc) is 3.18. The molecule has 3 aromatic rings. The fourth-order valence-corrected chi connectivity index (χ4v) is 3.31. The molecule has 0 saturated heterocycles. The van der Waals surface area contributed by atoms with Gasteiger partial charge in [-0.25, -0.2) is 9.78 Å². The quantitative estimate of drug-likeness (QED) is 0.443. The van der Waals surface area contributed by atoms with Crippen LogP contribution < -0.4 is 5.32 Å². The van der Waals surface area contributed by atoms with E-state index in [1.165, 1.54) is 0 Å². The number of halogens is 1. The first-order valence-corrected chi connectivity index (χ1v) is 11.0. The Hall–Kier alpha value is -3.83. The molecule has 0 aliphatic carbocycles. The van der Waals surface area contributed by atoms with Crippen LogP contribution in [0.1, 0.15) is 50.2 Å². The number of aromatic amines is 1. The van der Waals surface area contributed by atoms with E-state index in [4.69, 9.17) is 26.3 Å². The van der Waals surface area contributed by atoms with Crippen molar-refractivity contribution in [2.75, 3.05) is 0 Å². The van der Waals surface area contributed by atoms with E-state index in [2.05, 4.69) is 21.4 Å². The number of esters is 1. The van der Waals surface area contributed by atoms with Gasteiger partial charge in [0, 0.05) is 5.56 Å². The molecule has 1 heterocycles. The summed E-state index contributed by atoms with van der Waals surface area (Å²) in [5, 5.41) is 11.9. The van der Waals surface area contributed by atoms with Crippen molar-refractivity contribution in [3.63, 3.8) is 0 Å². The number of hydrogen-bond donors (Lipinski definition) is 2. The topological polar surface area (TPSA) is 117 Å². The van der Waals surface area contributed by atoms with E-state index in [0.29, 0.717) is 16.8 Å². The molecule has 0 radical (unpaired) electrons. The first kappa shape index (κ1) is 24.8. The second-order valence-corrected chi connectivity index (χ2v) is 8.90. The summed E-state index contributed by atoms with van der Waals surface area (Å²) in [6, 6.07) is 17.2. The number of amides is 1. The summed E-state index contributed by atoms with van der Waals surface area (Å²) in [6.45, 7) is 5.32. The van der Waals surface area contributed by atoms with Crippen molar-refractivity contribution in [2.45, 2.75) is 45.4 Å². The second-order valence-electron chi connectivity index (χ2n) is 8.52. The van der Waals surface area contributed by atoms with E-state index in [1.807, 2.05) is 30.3 Å². The van der Waals surface area contributed by atoms with E-state index < -0.39 is 23.7 Å². The monoisotopic (exact) mass is 480 g/mol. The number of rotatable bonds is 7. The molecule has 0 unspecified atom stereocenters. The molecule has 0 fully saturated rings. The number of nitrogens with zero attached hydrogens (tertiary/aromatic N) is 2. The van der Waals surface area contributed by atoms with Gasteiger partial charge < -0.3 is 19.8 Å². The van der Waals surface area contributed by atoms with Gasteiger partial charge >= 0.3 is 12.1 Å². The minimum absolute atomic E-state index is 0.105. The minimum Gasteiger partial charge on any atom is -0.461 e. The Kier molecular flexibility index (Phi) is 7.92. The van der Waals surface area contributed by atoms with Crippen LogP contribution in [-0.4, -0.2) is 27.6 Å². The van der Waals surface area contributed by atoms with Crippen molar-refractivity contribution >= 4 is 23.7 Å². The Balaban J connectivity index is 1.80. The fraction of sp³-hybridized carbons (Fsp3) is 0.280. The molecular formula is C25H25ClN4O4. The SMILES string of the molecule is CC(C)(C)OC(=O)N[C@@H](CC(=O)OCc1ccccc1)c1nc(-c2ccc(C#N)cc2)c(Cl)[nH]1. The van der Waals surface area contributed by atoms with Gasteiger partial charge in [-0.15, -0.1) is 0 Å². The van der Waals surface area contributed by atoms with Crippen LogP contribution in [0, 0.1) is 11.3 Å². The number of H-pyrrole nitrogens is 1. The molecule has 0 spiro atoms. The third-order valence-electron chi connectivity index (χ3n) is 4.60. The normalized spacial score (nSPS) is 11.9. The number of nitrogens with one attached hydrogen (secondary N) is 2. The summed E-state index contributed by atoms with van der Waals surface area (Å²) in [5.41, 5.74) is 1.72. The molecule has 1 atom stereocenters. The zero-order valence-electron chi connectivity index (χ0n) is 19.1. The van der Waals surface area contributed by atoms with Gasteiger partial charge in [0.2, 0.25) is 0 Å². The number of carbonyl (C=O) groups is 2. The molecule has 1 amide bonds. The van der Waals surface area contributed by atoms with Crippen molar-refractivity contribution in [1.29, 1.82) is 5.26 Å². The van der Waals surface area contributed by atoms with Gasteiger partial charge in [-0.1, -0.05) is 54.1 Å². The lowest BCUT2D eigenvalue weighted by molar-refractivity contribution is -0.145. The molecule has 9 heteroatoms. The zero-order chi connectivity index (χ0) is 24.7.